The third-order valence-corrected chi connectivity index (χ3v) is 5.06. The number of hydrogen-bond acceptors (Lipinski definition) is 2. The second-order valence-electron chi connectivity index (χ2n) is 6.72. The standard InChI is InChI=1S/C18H26N2O/c1-3-6-14-9-11-18(21,12-10-14)13-16-15-7-4-5-8-17(15)20(2)19-16/h4-5,7-8,14,21H,3,6,9-13H2,1-2H3. The molecule has 3 heteroatoms. The summed E-state index contributed by atoms with van der Waals surface area (Å²) >= 11 is 0. The van der Waals surface area contributed by atoms with Crippen LogP contribution in [0.15, 0.2) is 24.3 Å². The lowest BCUT2D eigenvalue weighted by molar-refractivity contribution is -0.0105. The average Bonchev–Trinajstić information content (AvgIpc) is 2.79. The molecular formula is C18H26N2O. The van der Waals surface area contributed by atoms with E-state index in [2.05, 4.69) is 30.2 Å². The van der Waals surface area contributed by atoms with E-state index in [0.29, 0.717) is 6.42 Å². The number of aromatic nitrogens is 2. The second kappa shape index (κ2) is 5.80. The summed E-state index contributed by atoms with van der Waals surface area (Å²) in [6.07, 6.45) is 7.42. The number of hydrogen-bond donors (Lipinski definition) is 1. The van der Waals surface area contributed by atoms with Crippen LogP contribution in [0.1, 0.15) is 51.1 Å². The van der Waals surface area contributed by atoms with Gasteiger partial charge in [-0.3, -0.25) is 4.68 Å². The number of para-hydroxylation sites is 1. The minimum Gasteiger partial charge on any atom is -0.389 e. The van der Waals surface area contributed by atoms with Crippen LogP contribution in [0.4, 0.5) is 0 Å². The predicted molar refractivity (Wildman–Crippen MR) is 86.2 cm³/mol. The Labute approximate surface area is 127 Å². The maximum Gasteiger partial charge on any atom is 0.0731 e. The van der Waals surface area contributed by atoms with E-state index in [-0.39, 0.29) is 0 Å². The first-order valence-electron chi connectivity index (χ1n) is 8.24. The van der Waals surface area contributed by atoms with Gasteiger partial charge in [0.15, 0.2) is 0 Å². The number of benzene rings is 1. The number of rotatable bonds is 4. The van der Waals surface area contributed by atoms with Crippen molar-refractivity contribution in [1.82, 2.24) is 9.78 Å². The molecule has 1 aromatic carbocycles. The van der Waals surface area contributed by atoms with E-state index in [1.165, 1.54) is 18.2 Å². The minimum absolute atomic E-state index is 0.554. The summed E-state index contributed by atoms with van der Waals surface area (Å²) < 4.78 is 1.93. The van der Waals surface area contributed by atoms with E-state index in [1.807, 2.05) is 17.8 Å². The molecule has 0 atom stereocenters. The molecule has 1 aliphatic rings. The van der Waals surface area contributed by atoms with Gasteiger partial charge in [-0.1, -0.05) is 38.0 Å². The number of nitrogens with zero attached hydrogens (tertiary/aromatic N) is 2. The van der Waals surface area contributed by atoms with Gasteiger partial charge in [0.1, 0.15) is 0 Å². The lowest BCUT2D eigenvalue weighted by atomic mass is 9.75. The van der Waals surface area contributed by atoms with Gasteiger partial charge < -0.3 is 5.11 Å². The van der Waals surface area contributed by atoms with Crippen LogP contribution in [0.2, 0.25) is 0 Å². The van der Waals surface area contributed by atoms with Crippen LogP contribution in [0, 0.1) is 5.92 Å². The van der Waals surface area contributed by atoms with Gasteiger partial charge in [0, 0.05) is 18.9 Å². The van der Waals surface area contributed by atoms with Crippen molar-refractivity contribution in [2.24, 2.45) is 13.0 Å². The zero-order valence-corrected chi connectivity index (χ0v) is 13.2. The third kappa shape index (κ3) is 2.98. The van der Waals surface area contributed by atoms with Crippen LogP contribution in [-0.4, -0.2) is 20.5 Å². The molecule has 3 rings (SSSR count). The largest absolute Gasteiger partial charge is 0.389 e. The monoisotopic (exact) mass is 286 g/mol. The highest BCUT2D eigenvalue weighted by atomic mass is 16.3. The highest BCUT2D eigenvalue weighted by Gasteiger charge is 2.34. The SMILES string of the molecule is CCCC1CCC(O)(Cc2nn(C)c3ccccc23)CC1. The summed E-state index contributed by atoms with van der Waals surface area (Å²) in [5.41, 5.74) is 1.64. The number of aryl methyl sites for hydroxylation is 1. The van der Waals surface area contributed by atoms with Gasteiger partial charge in [0.05, 0.1) is 16.8 Å². The Kier molecular flexibility index (Phi) is 4.03. The molecule has 1 aliphatic carbocycles. The molecule has 0 unspecified atom stereocenters. The molecule has 0 radical (unpaired) electrons. The highest BCUT2D eigenvalue weighted by Crippen LogP contribution is 2.37. The van der Waals surface area contributed by atoms with Gasteiger partial charge in [-0.2, -0.15) is 5.10 Å². The molecule has 1 N–H and O–H groups in total. The lowest BCUT2D eigenvalue weighted by Crippen LogP contribution is -2.36. The maximum atomic E-state index is 10.9. The first kappa shape index (κ1) is 14.6. The van der Waals surface area contributed by atoms with E-state index in [9.17, 15) is 5.11 Å². The Bertz CT molecular complexity index is 609. The van der Waals surface area contributed by atoms with E-state index < -0.39 is 5.60 Å². The zero-order chi connectivity index (χ0) is 14.9. The molecule has 0 amide bonds. The van der Waals surface area contributed by atoms with Gasteiger partial charge in [-0.25, -0.2) is 0 Å². The molecule has 1 heterocycles. The topological polar surface area (TPSA) is 38.1 Å². The molecule has 0 saturated heterocycles. The van der Waals surface area contributed by atoms with E-state index in [0.717, 1.165) is 42.8 Å². The fourth-order valence-corrected chi connectivity index (χ4v) is 3.82. The maximum absolute atomic E-state index is 10.9. The zero-order valence-electron chi connectivity index (χ0n) is 13.2. The Morgan fingerprint density at radius 3 is 2.71 bits per heavy atom. The van der Waals surface area contributed by atoms with Crippen molar-refractivity contribution in [2.45, 2.75) is 57.5 Å². The first-order chi connectivity index (χ1) is 10.1. The first-order valence-corrected chi connectivity index (χ1v) is 8.24. The minimum atomic E-state index is -0.554. The van der Waals surface area contributed by atoms with Gasteiger partial charge in [0.25, 0.3) is 0 Å². The molecule has 0 aliphatic heterocycles. The molecule has 1 aromatic heterocycles. The van der Waals surface area contributed by atoms with Crippen molar-refractivity contribution in [3.63, 3.8) is 0 Å². The molecule has 0 bridgehead atoms. The molecule has 1 saturated carbocycles. The van der Waals surface area contributed by atoms with Crippen LogP contribution in [-0.2, 0) is 13.5 Å². The molecule has 1 fully saturated rings. The second-order valence-corrected chi connectivity index (χ2v) is 6.72. The average molecular weight is 286 g/mol. The van der Waals surface area contributed by atoms with Crippen LogP contribution in [0.3, 0.4) is 0 Å². The van der Waals surface area contributed by atoms with Crippen molar-refractivity contribution in [1.29, 1.82) is 0 Å². The summed E-state index contributed by atoms with van der Waals surface area (Å²) in [7, 11) is 1.98. The van der Waals surface area contributed by atoms with E-state index in [1.54, 1.807) is 0 Å². The molecule has 0 spiro atoms. The van der Waals surface area contributed by atoms with Crippen LogP contribution in [0.25, 0.3) is 10.9 Å². The van der Waals surface area contributed by atoms with E-state index in [4.69, 9.17) is 0 Å². The molecule has 2 aromatic rings. The van der Waals surface area contributed by atoms with Crippen LogP contribution >= 0.6 is 0 Å². The van der Waals surface area contributed by atoms with Gasteiger partial charge in [-0.05, 0) is 37.7 Å². The normalized spacial score (nSPS) is 26.3. The van der Waals surface area contributed by atoms with Crippen LogP contribution in [0.5, 0.6) is 0 Å². The summed E-state index contributed by atoms with van der Waals surface area (Å²) in [6.45, 7) is 2.25. The Hall–Kier alpha value is -1.35. The van der Waals surface area contributed by atoms with Gasteiger partial charge >= 0.3 is 0 Å². The van der Waals surface area contributed by atoms with Gasteiger partial charge in [0.2, 0.25) is 0 Å². The Morgan fingerprint density at radius 1 is 1.29 bits per heavy atom. The smallest absolute Gasteiger partial charge is 0.0731 e. The summed E-state index contributed by atoms with van der Waals surface area (Å²) in [6, 6.07) is 8.30. The van der Waals surface area contributed by atoms with Crippen molar-refractivity contribution in [2.75, 3.05) is 0 Å². The predicted octanol–water partition coefficient (Wildman–Crippen LogP) is 3.84. The molecule has 3 nitrogen and oxygen atoms in total. The third-order valence-electron chi connectivity index (χ3n) is 5.06. The van der Waals surface area contributed by atoms with Crippen LogP contribution < -0.4 is 0 Å². The van der Waals surface area contributed by atoms with Crippen molar-refractivity contribution in [3.8, 4) is 0 Å². The lowest BCUT2D eigenvalue weighted by Gasteiger charge is -2.35. The highest BCUT2D eigenvalue weighted by molar-refractivity contribution is 5.81. The van der Waals surface area contributed by atoms with Crippen molar-refractivity contribution in [3.05, 3.63) is 30.0 Å². The molecule has 21 heavy (non-hydrogen) atoms. The fraction of sp³-hybridized carbons (Fsp3) is 0.611. The quantitative estimate of drug-likeness (QED) is 0.927. The number of aliphatic hydroxyl groups is 1. The van der Waals surface area contributed by atoms with E-state index >= 15 is 0 Å². The van der Waals surface area contributed by atoms with Crippen molar-refractivity contribution < 1.29 is 5.11 Å². The summed E-state index contributed by atoms with van der Waals surface area (Å²) in [5.74, 6) is 0.816. The Morgan fingerprint density at radius 2 is 2.00 bits per heavy atom. The summed E-state index contributed by atoms with van der Waals surface area (Å²) in [5, 5.41) is 16.8. The fourth-order valence-electron chi connectivity index (χ4n) is 3.82. The molecule has 114 valence electrons. The van der Waals surface area contributed by atoms with Crippen molar-refractivity contribution >= 4 is 10.9 Å². The Balaban J connectivity index is 1.76. The summed E-state index contributed by atoms with van der Waals surface area (Å²) in [4.78, 5) is 0. The van der Waals surface area contributed by atoms with Gasteiger partial charge in [-0.15, -0.1) is 0 Å². The molecular weight excluding hydrogens is 260 g/mol. The number of fused-ring (bicyclic) bond motifs is 1.